The van der Waals surface area contributed by atoms with Crippen LogP contribution in [-0.4, -0.2) is 282 Å². The zero-order chi connectivity index (χ0) is 105. The molecule has 142 heavy (non-hydrogen) atoms. The topological polar surface area (TPSA) is 506 Å². The number of carboxylic acid groups (broad SMARTS) is 2. The smallest absolute Gasteiger partial charge is 0.475 e. The number of carboxylic acids is 2. The van der Waals surface area contributed by atoms with Crippen LogP contribution >= 0.6 is 28.1 Å². The summed E-state index contributed by atoms with van der Waals surface area (Å²) in [4.78, 5) is 147. The second-order valence-corrected chi connectivity index (χ2v) is 33.3. The van der Waals surface area contributed by atoms with Gasteiger partial charge in [-0.3, -0.25) is 37.0 Å². The molecule has 13 rings (SSSR count). The lowest BCUT2D eigenvalue weighted by Crippen LogP contribution is -2.50. The maximum atomic E-state index is 13.0. The number of hydrogen-bond donors (Lipinski definition) is 5. The highest BCUT2D eigenvalue weighted by Gasteiger charge is 2.40. The molecule has 756 valence electrons. The molecule has 4 aliphatic rings. The molecule has 4 fully saturated rings. The van der Waals surface area contributed by atoms with Gasteiger partial charge in [0, 0.05) is 105 Å². The number of terminal acetylenes is 1. The van der Waals surface area contributed by atoms with Gasteiger partial charge in [0.05, 0.1) is 65.2 Å². The number of thiocarbonyl (C=S) groups is 1. The Morgan fingerprint density at radius 2 is 0.817 bits per heavy atom. The van der Waals surface area contributed by atoms with Gasteiger partial charge in [-0.05, 0) is 110 Å². The van der Waals surface area contributed by atoms with E-state index in [0.29, 0.717) is 104 Å². The number of ether oxygens (including phenoxy) is 5. The lowest BCUT2D eigenvalue weighted by Gasteiger charge is -2.36. The van der Waals surface area contributed by atoms with Crippen molar-refractivity contribution in [1.82, 2.24) is 87.3 Å². The number of piperazine rings is 4. The first-order valence-corrected chi connectivity index (χ1v) is 45.1. The Bertz CT molecular complexity index is 6260. The van der Waals surface area contributed by atoms with Crippen molar-refractivity contribution >= 4 is 121 Å². The molecule has 2 amide bonds. The SMILES string of the molecule is C#CCn1cnc2nc(N3CCNCC3)n(Cc3ccccc3)c2c1=O.CC#CCn1c(Br)nc(C#N)c1C(=O)OCC.CC#CCn1c(N2CCN(C(=O)OC(C)(C)C)CC2)nc(C#N)c1C(=O)OCC.CC#CCn1c(N2CCN(C(=O)OC(C)(C)C)CC2)nc(C(N)=S)c1C(=O)OCC.N#CCn1cnc2nc(N3CCNCC3)n(Cc3ccccc3)c2c1=O.O=C(O)C(F)(F)F.O=C(O)C(F)(F)F. The number of fused-ring (bicyclic) bond motifs is 2. The standard InChI is InChI=1S/C20H29N5O4S.C20H27N5O4.C19H20N6O.C18H19N7O.C11H10BrN3O2.2C2HF3O2/c1-6-8-9-25-15(17(26)28-7-2)14(16(21)30)22-18(25)23-10-12-24(13-11-23)19(27)29-20(3,4)5;1-6-8-9-25-16(17(26)28-7-2)15(14-21)22-18(25)23-10-12-24(13-11-23)19(27)29-20(3,4)5;1-2-10-24-14-21-17-16(18(24)26)25(13-15-6-4-3-5-7-15)19(22-17)23-11-8-20-9-12-23;19-6-9-24-13-21-16-15(17(24)26)25(12-14-4-2-1-3-5-14)18(22-16)23-10-7-20-8-11-23;1-3-5-6-15-9(10(16)17-4-2)8(7-13)14-11(15)12;2*3-2(4,5)1(6)7/h7,9-13H2,1-5H3,(H2,21,30);7,9-13H2,1-5H3;1,3-7,14,20H,8-13H2;1-5,13,20H,7-12H2;4,6H2,1-2H3;2*(H,6,7). The first-order chi connectivity index (χ1) is 67.4. The van der Waals surface area contributed by atoms with Crippen molar-refractivity contribution in [1.29, 1.82) is 15.8 Å². The van der Waals surface area contributed by atoms with E-state index in [9.17, 15) is 65.2 Å². The van der Waals surface area contributed by atoms with Gasteiger partial charge in [-0.25, -0.2) is 58.5 Å². The number of halogens is 7. The number of carbonyl (C=O) groups is 7. The molecule has 6 N–H and O–H groups in total. The van der Waals surface area contributed by atoms with Crippen LogP contribution in [0.25, 0.3) is 22.3 Å². The van der Waals surface area contributed by atoms with Crippen molar-refractivity contribution < 1.29 is 93.8 Å². The molecule has 0 spiro atoms. The van der Waals surface area contributed by atoms with Crippen LogP contribution in [0, 0.1) is 81.9 Å². The predicted octanol–water partition coefficient (Wildman–Crippen LogP) is 8.03. The van der Waals surface area contributed by atoms with Crippen molar-refractivity contribution in [2.75, 3.05) is 144 Å². The highest BCUT2D eigenvalue weighted by atomic mass is 79.9. The molecule has 0 radical (unpaired) electrons. The van der Waals surface area contributed by atoms with E-state index < -0.39 is 53.4 Å². The van der Waals surface area contributed by atoms with Crippen LogP contribution < -0.4 is 47.1 Å². The molecule has 0 aliphatic carbocycles. The third-order valence-electron chi connectivity index (χ3n) is 19.9. The van der Waals surface area contributed by atoms with Crippen LogP contribution in [0.15, 0.2) is 87.6 Å². The molecule has 50 heteroatoms. The largest absolute Gasteiger partial charge is 0.490 e. The molecule has 0 saturated carbocycles. The number of alkyl halides is 6. The predicted molar refractivity (Wildman–Crippen MR) is 515 cm³/mol. The summed E-state index contributed by atoms with van der Waals surface area (Å²) in [5.41, 5.74) is 9.03. The summed E-state index contributed by atoms with van der Waals surface area (Å²) >= 11 is 8.30. The quantitative estimate of drug-likeness (QED) is 0.0158. The number of benzene rings is 2. The second-order valence-electron chi connectivity index (χ2n) is 32.1. The summed E-state index contributed by atoms with van der Waals surface area (Å²) in [7, 11) is 0. The molecule has 9 aromatic rings. The van der Waals surface area contributed by atoms with Gasteiger partial charge < -0.3 is 84.2 Å². The Morgan fingerprint density at radius 1 is 0.486 bits per heavy atom. The van der Waals surface area contributed by atoms with Gasteiger partial charge in [-0.15, -0.1) is 24.2 Å². The summed E-state index contributed by atoms with van der Waals surface area (Å²) < 4.78 is 101. The summed E-state index contributed by atoms with van der Waals surface area (Å²) in [5, 5.41) is 48.2. The van der Waals surface area contributed by atoms with Crippen LogP contribution in [0.5, 0.6) is 0 Å². The van der Waals surface area contributed by atoms with Crippen LogP contribution in [0.1, 0.15) is 143 Å². The van der Waals surface area contributed by atoms with Gasteiger partial charge in [0.15, 0.2) is 55.5 Å². The van der Waals surface area contributed by atoms with E-state index >= 15 is 0 Å². The fourth-order valence-corrected chi connectivity index (χ4v) is 14.2. The lowest BCUT2D eigenvalue weighted by molar-refractivity contribution is -0.193. The van der Waals surface area contributed by atoms with E-state index in [0.717, 1.165) is 75.4 Å². The zero-order valence-electron chi connectivity index (χ0n) is 79.9. The third-order valence-corrected chi connectivity index (χ3v) is 20.7. The molecule has 0 unspecified atom stereocenters. The first-order valence-electron chi connectivity index (χ1n) is 43.9. The maximum absolute atomic E-state index is 13.0. The van der Waals surface area contributed by atoms with E-state index in [1.165, 1.54) is 26.4 Å². The van der Waals surface area contributed by atoms with Crippen molar-refractivity contribution in [2.24, 2.45) is 5.73 Å². The van der Waals surface area contributed by atoms with Gasteiger partial charge in [0.25, 0.3) is 11.1 Å². The number of anilines is 4. The Balaban J connectivity index is 0.000000234. The second kappa shape index (κ2) is 53.6. The molecule has 0 bridgehead atoms. The van der Waals surface area contributed by atoms with Gasteiger partial charge in [0.1, 0.15) is 53.2 Å². The number of nitriles is 3. The summed E-state index contributed by atoms with van der Waals surface area (Å²) in [6, 6.07) is 25.9. The number of rotatable bonds is 20. The molecule has 2 aromatic carbocycles. The third kappa shape index (κ3) is 32.0. The number of nitrogens with two attached hydrogens (primary N) is 1. The molecule has 0 atom stereocenters. The highest BCUT2D eigenvalue weighted by Crippen LogP contribution is 2.29. The van der Waals surface area contributed by atoms with Crippen LogP contribution in [-0.2, 0) is 79.1 Å². The Labute approximate surface area is 826 Å². The van der Waals surface area contributed by atoms with Crippen LogP contribution in [0.3, 0.4) is 0 Å². The number of amides is 2. The van der Waals surface area contributed by atoms with Gasteiger partial charge in [-0.1, -0.05) is 96.6 Å². The minimum atomic E-state index is -5.08. The van der Waals surface area contributed by atoms with Gasteiger partial charge in [-0.2, -0.15) is 52.1 Å². The van der Waals surface area contributed by atoms with Crippen molar-refractivity contribution in [3.63, 3.8) is 0 Å². The number of nitrogens with zero attached hydrogens (tertiary/aromatic N) is 23. The van der Waals surface area contributed by atoms with Gasteiger partial charge in [0.2, 0.25) is 23.8 Å². The van der Waals surface area contributed by atoms with E-state index in [-0.39, 0.29) is 115 Å². The average Bonchev–Trinajstić information content (AvgIpc) is 1.61. The average molecular weight is 2060 g/mol. The Kier molecular flexibility index (Phi) is 42.8. The molecular weight excluding hydrogens is 1950 g/mol. The molecule has 4 aliphatic heterocycles. The van der Waals surface area contributed by atoms with Crippen molar-refractivity contribution in [3.8, 4) is 66.1 Å². The minimum Gasteiger partial charge on any atom is -0.475 e. The summed E-state index contributed by atoms with van der Waals surface area (Å²) in [5.74, 6) is 14.8. The van der Waals surface area contributed by atoms with E-state index in [1.54, 1.807) is 60.5 Å². The monoisotopic (exact) mass is 2060 g/mol. The van der Waals surface area contributed by atoms with Gasteiger partial charge >= 0.3 is 54.4 Å². The van der Waals surface area contributed by atoms with E-state index in [4.69, 9.17) is 78.4 Å². The fourth-order valence-electron chi connectivity index (χ4n) is 13.6. The van der Waals surface area contributed by atoms with E-state index in [2.05, 4.69) is 113 Å². The normalized spacial score (nSPS) is 13.3. The summed E-state index contributed by atoms with van der Waals surface area (Å²) in [6.07, 6.45) is -2.62. The van der Waals surface area contributed by atoms with Crippen LogP contribution in [0.2, 0.25) is 0 Å². The number of aliphatic carboxylic acids is 2. The van der Waals surface area contributed by atoms with Crippen molar-refractivity contribution in [2.45, 2.75) is 152 Å². The summed E-state index contributed by atoms with van der Waals surface area (Å²) in [6.45, 7) is 34.5. The lowest BCUT2D eigenvalue weighted by atomic mass is 10.2. The number of carbonyl (C=O) groups excluding carboxylic acids is 5. The first kappa shape index (κ1) is 113. The number of hydrogen-bond acceptors (Lipinski definition) is 31. The van der Waals surface area contributed by atoms with E-state index in [1.807, 2.05) is 139 Å². The molecule has 7 aromatic heterocycles. The van der Waals surface area contributed by atoms with Crippen LogP contribution in [0.4, 0.5) is 59.7 Å². The molecular formula is C92H107BrF6N26O16S. The maximum Gasteiger partial charge on any atom is 0.490 e. The number of imidazole rings is 5. The number of esters is 3. The number of aromatic nitrogens is 14. The molecule has 11 heterocycles. The minimum absolute atomic E-state index is 0.00549. The molecule has 42 nitrogen and oxygen atoms in total. The molecule has 4 saturated heterocycles. The zero-order valence-corrected chi connectivity index (χ0v) is 82.3. The number of nitrogens with one attached hydrogen (secondary N) is 2. The Morgan fingerprint density at radius 3 is 1.15 bits per heavy atom. The highest BCUT2D eigenvalue weighted by molar-refractivity contribution is 9.10. The Hall–Kier alpha value is -15.6. The fraction of sp³-hybridized carbons (Fsp3) is 0.457. The van der Waals surface area contributed by atoms with Crippen molar-refractivity contribution in [3.05, 3.63) is 144 Å².